The number of carboxylic acid groups (broad SMARTS) is 1. The summed E-state index contributed by atoms with van der Waals surface area (Å²) in [7, 11) is 0. The Morgan fingerprint density at radius 2 is 1.66 bits per heavy atom. The van der Waals surface area contributed by atoms with Crippen molar-refractivity contribution in [1.29, 1.82) is 0 Å². The van der Waals surface area contributed by atoms with E-state index < -0.39 is 54.7 Å². The summed E-state index contributed by atoms with van der Waals surface area (Å²) in [4.78, 5) is 44.3. The number of halogens is 3. The van der Waals surface area contributed by atoms with Crippen LogP contribution >= 0.6 is 0 Å². The third-order valence-electron chi connectivity index (χ3n) is 3.52. The van der Waals surface area contributed by atoms with Crippen LogP contribution in [0.3, 0.4) is 0 Å². The first kappa shape index (κ1) is 28.8. The molecule has 3 atom stereocenters. The third-order valence-corrected chi connectivity index (χ3v) is 3.52. The van der Waals surface area contributed by atoms with E-state index in [1.807, 2.05) is 6.07 Å². The molecule has 7 N–H and O–H groups in total. The quantitative estimate of drug-likeness (QED) is 0.239. The molecule has 0 heterocycles. The van der Waals surface area contributed by atoms with Gasteiger partial charge in [-0.1, -0.05) is 30.3 Å². The molecule has 2 amide bonds. The first-order valence-corrected chi connectivity index (χ1v) is 8.92. The zero-order chi connectivity index (χ0) is 24.9. The molecule has 1 aromatic carbocycles. The average Bonchev–Trinajstić information content (AvgIpc) is 2.73. The van der Waals surface area contributed by atoms with Gasteiger partial charge in [-0.15, -0.1) is 0 Å². The SMILES string of the molecule is CC(O)C(NC(=O)CN)C(=O)NC(CO)C(=O)OCc1ccccc1.O=C(O)C(F)(F)F. The van der Waals surface area contributed by atoms with E-state index in [1.54, 1.807) is 24.3 Å². The summed E-state index contributed by atoms with van der Waals surface area (Å²) in [5.74, 6) is -5.08. The van der Waals surface area contributed by atoms with Crippen LogP contribution in [0.15, 0.2) is 30.3 Å². The molecular weight excluding hydrogens is 443 g/mol. The van der Waals surface area contributed by atoms with Gasteiger partial charge in [0.15, 0.2) is 6.04 Å². The topological polar surface area (TPSA) is 188 Å². The van der Waals surface area contributed by atoms with E-state index in [-0.39, 0.29) is 13.2 Å². The van der Waals surface area contributed by atoms with Crippen LogP contribution in [-0.4, -0.2) is 76.6 Å². The average molecular weight is 467 g/mol. The second-order valence-corrected chi connectivity index (χ2v) is 6.13. The van der Waals surface area contributed by atoms with Crippen molar-refractivity contribution in [2.45, 2.75) is 37.9 Å². The molecule has 0 saturated carbocycles. The second kappa shape index (κ2) is 14.0. The van der Waals surface area contributed by atoms with Gasteiger partial charge in [-0.3, -0.25) is 9.59 Å². The number of hydrogen-bond donors (Lipinski definition) is 6. The van der Waals surface area contributed by atoms with E-state index in [4.69, 9.17) is 20.4 Å². The van der Waals surface area contributed by atoms with Gasteiger partial charge in [0, 0.05) is 0 Å². The molecule has 0 saturated heterocycles. The standard InChI is InChI=1S/C16H23N3O6.C2HF3O2/c1-10(21)14(19-13(22)7-17)15(23)18-12(8-20)16(24)25-9-11-5-3-2-4-6-11;3-2(4,5)1(6)7/h2-6,10,12,14,20-21H,7-9,17H2,1H3,(H,18,23)(H,19,22);(H,6,7). The van der Waals surface area contributed by atoms with Gasteiger partial charge in [-0.05, 0) is 12.5 Å². The summed E-state index contributed by atoms with van der Waals surface area (Å²) in [5, 5.41) is 30.5. The van der Waals surface area contributed by atoms with Gasteiger partial charge < -0.3 is 36.4 Å². The predicted molar refractivity (Wildman–Crippen MR) is 102 cm³/mol. The molecule has 11 nitrogen and oxygen atoms in total. The molecule has 1 rings (SSSR count). The van der Waals surface area contributed by atoms with Gasteiger partial charge in [0.05, 0.1) is 19.3 Å². The van der Waals surface area contributed by atoms with Gasteiger partial charge in [0.2, 0.25) is 11.8 Å². The number of alkyl halides is 3. The lowest BCUT2D eigenvalue weighted by Gasteiger charge is -2.23. The third kappa shape index (κ3) is 11.2. The molecule has 180 valence electrons. The van der Waals surface area contributed by atoms with Crippen molar-refractivity contribution < 1.29 is 52.4 Å². The molecule has 32 heavy (non-hydrogen) atoms. The minimum Gasteiger partial charge on any atom is -0.475 e. The molecule has 0 aliphatic heterocycles. The Bertz CT molecular complexity index is 760. The number of benzene rings is 1. The molecular formula is C18H24F3N3O8. The smallest absolute Gasteiger partial charge is 0.475 e. The van der Waals surface area contributed by atoms with Crippen molar-refractivity contribution in [2.75, 3.05) is 13.2 Å². The van der Waals surface area contributed by atoms with E-state index in [1.165, 1.54) is 6.92 Å². The number of hydrogen-bond acceptors (Lipinski definition) is 8. The Morgan fingerprint density at radius 3 is 2.06 bits per heavy atom. The maximum absolute atomic E-state index is 12.1. The molecule has 0 fully saturated rings. The number of nitrogens with two attached hydrogens (primary N) is 1. The number of ether oxygens (including phenoxy) is 1. The van der Waals surface area contributed by atoms with E-state index in [0.29, 0.717) is 0 Å². The zero-order valence-corrected chi connectivity index (χ0v) is 16.8. The molecule has 3 unspecified atom stereocenters. The summed E-state index contributed by atoms with van der Waals surface area (Å²) in [6.45, 7) is 0.217. The monoisotopic (exact) mass is 467 g/mol. The van der Waals surface area contributed by atoms with Gasteiger partial charge in [-0.2, -0.15) is 13.2 Å². The van der Waals surface area contributed by atoms with Crippen LogP contribution in [0.2, 0.25) is 0 Å². The van der Waals surface area contributed by atoms with Crippen LogP contribution in [0.25, 0.3) is 0 Å². The molecule has 0 aliphatic rings. The number of esters is 1. The van der Waals surface area contributed by atoms with E-state index in [9.17, 15) is 37.8 Å². The second-order valence-electron chi connectivity index (χ2n) is 6.13. The summed E-state index contributed by atoms with van der Waals surface area (Å²) in [6, 6.07) is 6.24. The highest BCUT2D eigenvalue weighted by molar-refractivity contribution is 5.91. The van der Waals surface area contributed by atoms with Gasteiger partial charge >= 0.3 is 18.1 Å². The van der Waals surface area contributed by atoms with Gasteiger partial charge in [0.25, 0.3) is 0 Å². The van der Waals surface area contributed by atoms with Crippen LogP contribution in [0.5, 0.6) is 0 Å². The van der Waals surface area contributed by atoms with Crippen molar-refractivity contribution in [2.24, 2.45) is 5.73 Å². The van der Waals surface area contributed by atoms with E-state index in [2.05, 4.69) is 10.6 Å². The van der Waals surface area contributed by atoms with Crippen LogP contribution in [0, 0.1) is 0 Å². The lowest BCUT2D eigenvalue weighted by molar-refractivity contribution is -0.192. The van der Waals surface area contributed by atoms with E-state index >= 15 is 0 Å². The van der Waals surface area contributed by atoms with Gasteiger partial charge in [0.1, 0.15) is 12.6 Å². The predicted octanol–water partition coefficient (Wildman–Crippen LogP) is -1.34. The highest BCUT2D eigenvalue weighted by Gasteiger charge is 2.38. The number of amides is 2. The molecule has 0 bridgehead atoms. The van der Waals surface area contributed by atoms with Crippen molar-refractivity contribution in [3.63, 3.8) is 0 Å². The summed E-state index contributed by atoms with van der Waals surface area (Å²) in [6.07, 6.45) is -6.31. The Kier molecular flexibility index (Phi) is 12.5. The first-order chi connectivity index (χ1) is 14.8. The molecule has 1 aromatic rings. The Labute approximate surface area is 180 Å². The maximum atomic E-state index is 12.1. The first-order valence-electron chi connectivity index (χ1n) is 8.92. The number of carboxylic acids is 1. The fourth-order valence-electron chi connectivity index (χ4n) is 1.91. The van der Waals surface area contributed by atoms with Crippen molar-refractivity contribution in [3.05, 3.63) is 35.9 Å². The number of carbonyl (C=O) groups excluding carboxylic acids is 3. The summed E-state index contributed by atoms with van der Waals surface area (Å²) in [5.41, 5.74) is 5.90. The normalized spacial score (nSPS) is 13.5. The van der Waals surface area contributed by atoms with Gasteiger partial charge in [-0.25, -0.2) is 9.59 Å². The lowest BCUT2D eigenvalue weighted by atomic mass is 10.1. The Balaban J connectivity index is 0.00000118. The summed E-state index contributed by atoms with van der Waals surface area (Å²) >= 11 is 0. The lowest BCUT2D eigenvalue weighted by Crippen LogP contribution is -2.57. The van der Waals surface area contributed by atoms with Crippen LogP contribution < -0.4 is 16.4 Å². The van der Waals surface area contributed by atoms with Crippen molar-refractivity contribution in [3.8, 4) is 0 Å². The Hall–Kier alpha value is -3.23. The Morgan fingerprint density at radius 1 is 1.12 bits per heavy atom. The fourth-order valence-corrected chi connectivity index (χ4v) is 1.91. The number of nitrogens with one attached hydrogen (secondary N) is 2. The number of aliphatic hydroxyl groups is 2. The molecule has 0 aliphatic carbocycles. The summed E-state index contributed by atoms with van der Waals surface area (Å²) < 4.78 is 36.8. The number of aliphatic hydroxyl groups excluding tert-OH is 2. The van der Waals surface area contributed by atoms with Crippen molar-refractivity contribution >= 4 is 23.8 Å². The largest absolute Gasteiger partial charge is 0.490 e. The minimum atomic E-state index is -5.08. The van der Waals surface area contributed by atoms with Crippen molar-refractivity contribution in [1.82, 2.24) is 10.6 Å². The van der Waals surface area contributed by atoms with E-state index in [0.717, 1.165) is 5.56 Å². The zero-order valence-electron chi connectivity index (χ0n) is 16.8. The van der Waals surface area contributed by atoms with Crippen LogP contribution in [0.1, 0.15) is 12.5 Å². The van der Waals surface area contributed by atoms with Crippen LogP contribution in [0.4, 0.5) is 13.2 Å². The fraction of sp³-hybridized carbons (Fsp3) is 0.444. The van der Waals surface area contributed by atoms with Crippen LogP contribution in [-0.2, 0) is 30.5 Å². The number of rotatable bonds is 9. The number of aliphatic carboxylic acids is 1. The maximum Gasteiger partial charge on any atom is 0.490 e. The number of carbonyl (C=O) groups is 4. The molecule has 0 aromatic heterocycles. The highest BCUT2D eigenvalue weighted by Crippen LogP contribution is 2.13. The molecule has 0 spiro atoms. The molecule has 14 heteroatoms. The minimum absolute atomic E-state index is 0.0181. The molecule has 0 radical (unpaired) electrons. The highest BCUT2D eigenvalue weighted by atomic mass is 19.4.